The van der Waals surface area contributed by atoms with Gasteiger partial charge in [-0.3, -0.25) is 13.9 Å². The number of rotatable bonds is 3. The fourth-order valence-electron chi connectivity index (χ4n) is 2.06. The van der Waals surface area contributed by atoms with Crippen LogP contribution in [0.5, 0.6) is 0 Å². The zero-order chi connectivity index (χ0) is 16.6. The third-order valence-electron chi connectivity index (χ3n) is 3.12. The monoisotopic (exact) mass is 380 g/mol. The summed E-state index contributed by atoms with van der Waals surface area (Å²) in [4.78, 5) is 17.1. The standard InChI is InChI=1S/C14H9ClN4OS3/c1-18-12(20)10-11(17-13(18)22-7-6-16)19(14(21)23-10)9-4-2-8(15)3-5-9/h2-5H,7H2,1H3. The van der Waals surface area contributed by atoms with Crippen molar-refractivity contribution in [3.63, 3.8) is 0 Å². The highest BCUT2D eigenvalue weighted by Gasteiger charge is 2.16. The SMILES string of the molecule is Cn1c(SCC#N)nc2c(sc(=S)n2-c2ccc(Cl)cc2)c1=O. The average Bonchev–Trinajstić information content (AvgIpc) is 2.87. The first-order valence-electron chi connectivity index (χ1n) is 6.41. The van der Waals surface area contributed by atoms with Crippen LogP contribution in [-0.2, 0) is 7.05 Å². The average molecular weight is 381 g/mol. The maximum Gasteiger partial charge on any atom is 0.273 e. The molecule has 0 aliphatic heterocycles. The van der Waals surface area contributed by atoms with Crippen molar-refractivity contribution >= 4 is 57.3 Å². The summed E-state index contributed by atoms with van der Waals surface area (Å²) in [6, 6.07) is 9.20. The van der Waals surface area contributed by atoms with Crippen LogP contribution in [0.2, 0.25) is 5.02 Å². The number of thioether (sulfide) groups is 1. The molecule has 2 aromatic heterocycles. The molecule has 0 amide bonds. The molecule has 0 spiro atoms. The second-order valence-electron chi connectivity index (χ2n) is 4.54. The Labute approximate surface area is 149 Å². The summed E-state index contributed by atoms with van der Waals surface area (Å²) in [5.74, 6) is 0.220. The van der Waals surface area contributed by atoms with Crippen molar-refractivity contribution in [2.24, 2.45) is 7.05 Å². The molecule has 5 nitrogen and oxygen atoms in total. The Morgan fingerprint density at radius 1 is 1.43 bits per heavy atom. The van der Waals surface area contributed by atoms with E-state index in [0.717, 1.165) is 5.69 Å². The lowest BCUT2D eigenvalue weighted by Crippen LogP contribution is -2.19. The van der Waals surface area contributed by atoms with E-state index in [2.05, 4.69) is 4.98 Å². The zero-order valence-corrected chi connectivity index (χ0v) is 15.0. The van der Waals surface area contributed by atoms with E-state index >= 15 is 0 Å². The smallest absolute Gasteiger partial charge is 0.273 e. The number of benzene rings is 1. The van der Waals surface area contributed by atoms with Gasteiger partial charge in [-0.2, -0.15) is 5.26 Å². The second kappa shape index (κ2) is 6.45. The first-order chi connectivity index (χ1) is 11.0. The van der Waals surface area contributed by atoms with Gasteiger partial charge >= 0.3 is 0 Å². The molecular formula is C14H9ClN4OS3. The molecule has 0 aliphatic rings. The first kappa shape index (κ1) is 16.2. The molecule has 0 aliphatic carbocycles. The topological polar surface area (TPSA) is 63.6 Å². The van der Waals surface area contributed by atoms with Crippen LogP contribution in [-0.4, -0.2) is 19.9 Å². The highest BCUT2D eigenvalue weighted by Crippen LogP contribution is 2.26. The van der Waals surface area contributed by atoms with Gasteiger partial charge < -0.3 is 0 Å². The molecule has 9 heteroatoms. The van der Waals surface area contributed by atoms with Gasteiger partial charge in [0, 0.05) is 17.8 Å². The van der Waals surface area contributed by atoms with Gasteiger partial charge in [0.2, 0.25) is 0 Å². The van der Waals surface area contributed by atoms with Crippen LogP contribution in [0.15, 0.2) is 34.2 Å². The van der Waals surface area contributed by atoms with Crippen molar-refractivity contribution in [2.75, 3.05) is 5.75 Å². The molecular weight excluding hydrogens is 372 g/mol. The Kier molecular flexibility index (Phi) is 4.55. The number of thiazole rings is 1. The van der Waals surface area contributed by atoms with Crippen molar-refractivity contribution in [3.8, 4) is 11.8 Å². The molecule has 0 unspecified atom stereocenters. The summed E-state index contributed by atoms with van der Waals surface area (Å²) in [6.07, 6.45) is 0. The van der Waals surface area contributed by atoms with E-state index in [1.165, 1.54) is 27.7 Å². The number of nitriles is 1. The fraction of sp³-hybridized carbons (Fsp3) is 0.143. The molecule has 0 saturated carbocycles. The van der Waals surface area contributed by atoms with Gasteiger partial charge in [0.25, 0.3) is 5.56 Å². The van der Waals surface area contributed by atoms with Crippen LogP contribution in [0.1, 0.15) is 0 Å². The number of nitrogens with zero attached hydrogens (tertiary/aromatic N) is 4. The molecule has 1 aromatic carbocycles. The van der Waals surface area contributed by atoms with E-state index in [4.69, 9.17) is 29.1 Å². The maximum absolute atomic E-state index is 12.5. The Balaban J connectivity index is 2.31. The van der Waals surface area contributed by atoms with Gasteiger partial charge in [0.15, 0.2) is 14.8 Å². The minimum absolute atomic E-state index is 0.167. The Morgan fingerprint density at radius 3 is 2.78 bits per heavy atom. The number of aromatic nitrogens is 3. The van der Waals surface area contributed by atoms with E-state index in [9.17, 15) is 4.79 Å². The van der Waals surface area contributed by atoms with Crippen molar-refractivity contribution in [2.45, 2.75) is 5.16 Å². The van der Waals surface area contributed by atoms with Crippen LogP contribution in [0.3, 0.4) is 0 Å². The van der Waals surface area contributed by atoms with Gasteiger partial charge in [0.1, 0.15) is 4.70 Å². The van der Waals surface area contributed by atoms with Crippen LogP contribution in [0.25, 0.3) is 16.0 Å². The maximum atomic E-state index is 12.5. The summed E-state index contributed by atoms with van der Waals surface area (Å²) in [7, 11) is 1.64. The highest BCUT2D eigenvalue weighted by atomic mass is 35.5. The van der Waals surface area contributed by atoms with Crippen LogP contribution >= 0.6 is 46.9 Å². The molecule has 0 N–H and O–H groups in total. The molecule has 2 heterocycles. The quantitative estimate of drug-likeness (QED) is 0.393. The van der Waals surface area contributed by atoms with Gasteiger partial charge in [-0.15, -0.1) is 0 Å². The number of halogens is 1. The summed E-state index contributed by atoms with van der Waals surface area (Å²) in [6.45, 7) is 0. The summed E-state index contributed by atoms with van der Waals surface area (Å²) < 4.78 is 4.23. The third-order valence-corrected chi connectivity index (χ3v) is 5.62. The Morgan fingerprint density at radius 2 is 2.13 bits per heavy atom. The lowest BCUT2D eigenvalue weighted by atomic mass is 10.3. The van der Waals surface area contributed by atoms with Gasteiger partial charge in [-0.25, -0.2) is 4.98 Å². The zero-order valence-electron chi connectivity index (χ0n) is 11.8. The summed E-state index contributed by atoms with van der Waals surface area (Å²) in [5.41, 5.74) is 1.13. The molecule has 23 heavy (non-hydrogen) atoms. The Hall–Kier alpha value is -1.66. The van der Waals surface area contributed by atoms with Gasteiger partial charge in [-0.05, 0) is 36.5 Å². The molecule has 0 fully saturated rings. The number of fused-ring (bicyclic) bond motifs is 1. The fourth-order valence-corrected chi connectivity index (χ4v) is 4.15. The van der Waals surface area contributed by atoms with Crippen LogP contribution in [0, 0.1) is 15.3 Å². The normalized spacial score (nSPS) is 10.8. The third kappa shape index (κ3) is 2.93. The van der Waals surface area contributed by atoms with E-state index in [0.29, 0.717) is 24.5 Å². The van der Waals surface area contributed by atoms with Crippen molar-refractivity contribution in [1.82, 2.24) is 14.1 Å². The van der Waals surface area contributed by atoms with Crippen molar-refractivity contribution in [1.29, 1.82) is 5.26 Å². The van der Waals surface area contributed by atoms with Gasteiger partial charge in [0.05, 0.1) is 11.8 Å². The summed E-state index contributed by atoms with van der Waals surface area (Å²) in [5, 5.41) is 9.85. The first-order valence-corrected chi connectivity index (χ1v) is 9.00. The molecule has 3 rings (SSSR count). The largest absolute Gasteiger partial charge is 0.289 e. The van der Waals surface area contributed by atoms with E-state index in [-0.39, 0.29) is 11.3 Å². The van der Waals surface area contributed by atoms with E-state index < -0.39 is 0 Å². The van der Waals surface area contributed by atoms with Gasteiger partial charge in [-0.1, -0.05) is 34.7 Å². The predicted octanol–water partition coefficient (Wildman–Crippen LogP) is 3.78. The van der Waals surface area contributed by atoms with E-state index in [1.807, 2.05) is 18.2 Å². The lowest BCUT2D eigenvalue weighted by molar-refractivity contribution is 0.723. The lowest BCUT2D eigenvalue weighted by Gasteiger charge is -2.08. The predicted molar refractivity (Wildman–Crippen MR) is 96.4 cm³/mol. The van der Waals surface area contributed by atoms with Crippen LogP contribution < -0.4 is 5.56 Å². The Bertz CT molecular complexity index is 1040. The van der Waals surface area contributed by atoms with E-state index in [1.54, 1.807) is 23.7 Å². The summed E-state index contributed by atoms with van der Waals surface area (Å²) >= 11 is 13.8. The molecule has 3 aromatic rings. The number of hydrogen-bond donors (Lipinski definition) is 0. The van der Waals surface area contributed by atoms with Crippen molar-refractivity contribution in [3.05, 3.63) is 43.6 Å². The minimum atomic E-state index is -0.167. The molecule has 0 bridgehead atoms. The van der Waals surface area contributed by atoms with Crippen molar-refractivity contribution < 1.29 is 0 Å². The molecule has 0 saturated heterocycles. The number of hydrogen-bond acceptors (Lipinski definition) is 6. The molecule has 0 atom stereocenters. The highest BCUT2D eigenvalue weighted by molar-refractivity contribution is 7.99. The minimum Gasteiger partial charge on any atom is -0.289 e. The molecule has 0 radical (unpaired) electrons. The second-order valence-corrected chi connectivity index (χ2v) is 7.56. The van der Waals surface area contributed by atoms with Crippen LogP contribution in [0.4, 0.5) is 0 Å². The molecule has 116 valence electrons.